The van der Waals surface area contributed by atoms with E-state index < -0.39 is 12.1 Å². The number of amides is 1. The Kier molecular flexibility index (Phi) is 56.7. The smallest absolute Gasteiger partial charge is 0.220 e. The highest BCUT2D eigenvalue weighted by Crippen LogP contribution is 2.18. The van der Waals surface area contributed by atoms with Crippen molar-refractivity contribution in [3.63, 3.8) is 0 Å². The van der Waals surface area contributed by atoms with Crippen molar-refractivity contribution in [1.29, 1.82) is 0 Å². The first-order chi connectivity index (χ1) is 32.7. The molecule has 390 valence electrons. The van der Waals surface area contributed by atoms with Crippen LogP contribution >= 0.6 is 0 Å². The lowest BCUT2D eigenvalue weighted by atomic mass is 10.0. The van der Waals surface area contributed by atoms with Gasteiger partial charge in [-0.05, 0) is 51.4 Å². The van der Waals surface area contributed by atoms with Crippen molar-refractivity contribution in [2.45, 2.75) is 347 Å². The Labute approximate surface area is 414 Å². The zero-order valence-corrected chi connectivity index (χ0v) is 45.0. The average Bonchev–Trinajstić information content (AvgIpc) is 3.32. The van der Waals surface area contributed by atoms with Crippen molar-refractivity contribution in [2.75, 3.05) is 6.61 Å². The fourth-order valence-electron chi connectivity index (χ4n) is 9.55. The predicted molar refractivity (Wildman–Crippen MR) is 295 cm³/mol. The number of allylic oxidation sites excluding steroid dienone is 6. The molecule has 2 atom stereocenters. The highest BCUT2D eigenvalue weighted by molar-refractivity contribution is 5.76. The van der Waals surface area contributed by atoms with E-state index in [9.17, 15) is 15.0 Å². The Morgan fingerprint density at radius 3 is 0.924 bits per heavy atom. The summed E-state index contributed by atoms with van der Waals surface area (Å²) >= 11 is 0. The summed E-state index contributed by atoms with van der Waals surface area (Å²) in [6.45, 7) is 4.38. The Bertz CT molecular complexity index is 1010. The monoisotopic (exact) mass is 926 g/mol. The molecule has 4 nitrogen and oxygen atoms in total. The summed E-state index contributed by atoms with van der Waals surface area (Å²) in [6, 6.07) is -0.537. The molecule has 0 aliphatic rings. The third-order valence-electron chi connectivity index (χ3n) is 14.2. The molecule has 0 heterocycles. The zero-order chi connectivity index (χ0) is 47.7. The minimum absolute atomic E-state index is 0.0261. The lowest BCUT2D eigenvalue weighted by Gasteiger charge is -2.22. The van der Waals surface area contributed by atoms with Crippen LogP contribution in [-0.4, -0.2) is 34.9 Å². The zero-order valence-electron chi connectivity index (χ0n) is 45.0. The largest absolute Gasteiger partial charge is 0.394 e. The van der Waals surface area contributed by atoms with Gasteiger partial charge in [-0.3, -0.25) is 4.79 Å². The molecule has 0 bridgehead atoms. The molecule has 3 N–H and O–H groups in total. The fourth-order valence-corrected chi connectivity index (χ4v) is 9.55. The number of nitrogens with one attached hydrogen (secondary N) is 1. The molecule has 0 spiro atoms. The third-order valence-corrected chi connectivity index (χ3v) is 14.2. The fraction of sp³-hybridized carbons (Fsp3) is 0.887. The molecule has 0 aromatic heterocycles. The maximum absolute atomic E-state index is 12.5. The van der Waals surface area contributed by atoms with Crippen molar-refractivity contribution >= 4 is 5.91 Å². The van der Waals surface area contributed by atoms with Crippen LogP contribution in [0.5, 0.6) is 0 Å². The minimum Gasteiger partial charge on any atom is -0.394 e. The maximum Gasteiger partial charge on any atom is 0.220 e. The van der Waals surface area contributed by atoms with Crippen molar-refractivity contribution in [3.05, 3.63) is 36.5 Å². The maximum atomic E-state index is 12.5. The summed E-state index contributed by atoms with van der Waals surface area (Å²) in [4.78, 5) is 12.5. The first-order valence-corrected chi connectivity index (χ1v) is 30.2. The molecule has 0 saturated heterocycles. The van der Waals surface area contributed by atoms with Gasteiger partial charge in [0.2, 0.25) is 5.91 Å². The Morgan fingerprint density at radius 1 is 0.364 bits per heavy atom. The SMILES string of the molecule is CCCCCCC/C=C\C/C=C\C/C=C\CCCCCCCCCCCCCCCCCCC(=O)NC(CO)C(O)CCCCCCCCCCCCCCCCCCCCCCCCC. The van der Waals surface area contributed by atoms with E-state index in [1.54, 1.807) is 0 Å². The quantitative estimate of drug-likeness (QED) is 0.0420. The second-order valence-corrected chi connectivity index (χ2v) is 20.8. The molecule has 2 unspecified atom stereocenters. The van der Waals surface area contributed by atoms with Crippen LogP contribution in [0, 0.1) is 0 Å². The second-order valence-electron chi connectivity index (χ2n) is 20.8. The van der Waals surface area contributed by atoms with Gasteiger partial charge in [-0.15, -0.1) is 0 Å². The van der Waals surface area contributed by atoms with Crippen LogP contribution in [0.2, 0.25) is 0 Å². The van der Waals surface area contributed by atoms with E-state index in [0.29, 0.717) is 12.8 Å². The van der Waals surface area contributed by atoms with E-state index in [2.05, 4.69) is 55.6 Å². The normalized spacial score (nSPS) is 13.0. The summed E-state index contributed by atoms with van der Waals surface area (Å²) in [5, 5.41) is 23.4. The number of carbonyl (C=O) groups is 1. The minimum atomic E-state index is -0.660. The van der Waals surface area contributed by atoms with E-state index in [-0.39, 0.29) is 12.5 Å². The lowest BCUT2D eigenvalue weighted by molar-refractivity contribution is -0.123. The van der Waals surface area contributed by atoms with Gasteiger partial charge in [-0.2, -0.15) is 0 Å². The average molecular weight is 927 g/mol. The van der Waals surface area contributed by atoms with Gasteiger partial charge in [0, 0.05) is 6.42 Å². The molecule has 0 saturated carbocycles. The molecular formula is C62H119NO3. The number of carbonyl (C=O) groups excluding carboxylic acids is 1. The summed E-state index contributed by atoms with van der Waals surface area (Å²) in [6.07, 6.45) is 78.6. The first-order valence-electron chi connectivity index (χ1n) is 30.2. The van der Waals surface area contributed by atoms with Crippen molar-refractivity contribution < 1.29 is 15.0 Å². The first kappa shape index (κ1) is 64.6. The summed E-state index contributed by atoms with van der Waals surface area (Å²) < 4.78 is 0. The van der Waals surface area contributed by atoms with E-state index >= 15 is 0 Å². The lowest BCUT2D eigenvalue weighted by Crippen LogP contribution is -2.45. The molecule has 0 radical (unpaired) electrons. The van der Waals surface area contributed by atoms with Gasteiger partial charge < -0.3 is 15.5 Å². The molecular weight excluding hydrogens is 807 g/mol. The summed E-state index contributed by atoms with van der Waals surface area (Å²) in [5.74, 6) is -0.0261. The molecule has 4 heteroatoms. The Morgan fingerprint density at radius 2 is 0.621 bits per heavy atom. The van der Waals surface area contributed by atoms with Crippen LogP contribution in [-0.2, 0) is 4.79 Å². The van der Waals surface area contributed by atoms with Gasteiger partial charge in [-0.1, -0.05) is 314 Å². The van der Waals surface area contributed by atoms with Crippen LogP contribution in [0.25, 0.3) is 0 Å². The molecule has 0 aliphatic heterocycles. The molecule has 0 rings (SSSR count). The summed E-state index contributed by atoms with van der Waals surface area (Å²) in [5.41, 5.74) is 0. The Balaban J connectivity index is 3.43. The molecule has 66 heavy (non-hydrogen) atoms. The van der Waals surface area contributed by atoms with Crippen LogP contribution in [0.15, 0.2) is 36.5 Å². The predicted octanol–water partition coefficient (Wildman–Crippen LogP) is 20.0. The van der Waals surface area contributed by atoms with Gasteiger partial charge in [0.15, 0.2) is 0 Å². The van der Waals surface area contributed by atoms with Crippen molar-refractivity contribution in [3.8, 4) is 0 Å². The second kappa shape index (κ2) is 57.9. The van der Waals surface area contributed by atoms with Gasteiger partial charge >= 0.3 is 0 Å². The van der Waals surface area contributed by atoms with Crippen molar-refractivity contribution in [2.24, 2.45) is 0 Å². The number of hydrogen-bond acceptors (Lipinski definition) is 3. The molecule has 0 aliphatic carbocycles. The van der Waals surface area contributed by atoms with Gasteiger partial charge in [-0.25, -0.2) is 0 Å². The molecule has 0 aromatic rings. The van der Waals surface area contributed by atoms with Gasteiger partial charge in [0.05, 0.1) is 18.8 Å². The van der Waals surface area contributed by atoms with Crippen molar-refractivity contribution in [1.82, 2.24) is 5.32 Å². The highest BCUT2D eigenvalue weighted by atomic mass is 16.3. The molecule has 0 fully saturated rings. The van der Waals surface area contributed by atoms with Crippen LogP contribution in [0.3, 0.4) is 0 Å². The Hall–Kier alpha value is -1.39. The number of rotatable bonds is 56. The van der Waals surface area contributed by atoms with Crippen LogP contribution in [0.4, 0.5) is 0 Å². The van der Waals surface area contributed by atoms with Crippen LogP contribution in [0.1, 0.15) is 335 Å². The van der Waals surface area contributed by atoms with E-state index in [4.69, 9.17) is 0 Å². The number of aliphatic hydroxyl groups excluding tert-OH is 2. The molecule has 1 amide bonds. The highest BCUT2D eigenvalue weighted by Gasteiger charge is 2.20. The number of unbranched alkanes of at least 4 members (excludes halogenated alkanes) is 43. The standard InChI is InChI=1S/C62H119NO3/c1-3-5-7-9-11-13-15-17-19-21-23-25-27-28-29-30-31-32-33-34-36-38-40-42-44-46-48-50-52-54-56-58-62(66)63-60(59-64)61(65)57-55-53-51-49-47-45-43-41-39-37-35-26-24-22-20-18-16-14-12-10-8-6-4-2/h15,17,21,23,27-28,60-61,64-65H,3-14,16,18-20,22,24-26,29-59H2,1-2H3,(H,63,66)/b17-15-,23-21-,28-27-. The molecule has 0 aromatic carbocycles. The third kappa shape index (κ3) is 53.6. The van der Waals surface area contributed by atoms with E-state index in [1.807, 2.05) is 0 Å². The van der Waals surface area contributed by atoms with Gasteiger partial charge in [0.25, 0.3) is 0 Å². The van der Waals surface area contributed by atoms with Gasteiger partial charge in [0.1, 0.15) is 0 Å². The van der Waals surface area contributed by atoms with E-state index in [0.717, 1.165) is 38.5 Å². The van der Waals surface area contributed by atoms with Crippen LogP contribution < -0.4 is 5.32 Å². The number of hydrogen-bond donors (Lipinski definition) is 3. The van der Waals surface area contributed by atoms with E-state index in [1.165, 1.54) is 270 Å². The number of aliphatic hydroxyl groups is 2. The topological polar surface area (TPSA) is 69.6 Å². The summed E-state index contributed by atoms with van der Waals surface area (Å²) in [7, 11) is 0.